The fourth-order valence-electron chi connectivity index (χ4n) is 1.16. The normalized spacial score (nSPS) is 9.45. The van der Waals surface area contributed by atoms with Gasteiger partial charge in [0.05, 0.1) is 0 Å². The van der Waals surface area contributed by atoms with Crippen molar-refractivity contribution in [3.05, 3.63) is 24.3 Å². The molecule has 0 unspecified atom stereocenters. The Bertz CT molecular complexity index is 633. The van der Waals surface area contributed by atoms with E-state index in [1.54, 1.807) is 0 Å². The van der Waals surface area contributed by atoms with Crippen LogP contribution in [0.25, 0.3) is 0 Å². The van der Waals surface area contributed by atoms with E-state index in [-0.39, 0.29) is 24.4 Å². The van der Waals surface area contributed by atoms with Crippen LogP contribution in [0.15, 0.2) is 24.3 Å². The summed E-state index contributed by atoms with van der Waals surface area (Å²) in [6, 6.07) is 0. The summed E-state index contributed by atoms with van der Waals surface area (Å²) in [7, 11) is 0. The molecule has 0 bridgehead atoms. The minimum absolute atomic E-state index is 0.143. The van der Waals surface area contributed by atoms with Gasteiger partial charge in [-0.15, -0.1) is 0 Å². The first-order chi connectivity index (χ1) is 13.6. The SMILES string of the molecule is C=C(C)C(=O)OCCOC(=O)C(=O)OCOC(=O)C(=O)OCCOC(=O)C(=C)C. The van der Waals surface area contributed by atoms with Crippen molar-refractivity contribution in [3.63, 3.8) is 0 Å². The first kappa shape index (κ1) is 25.3. The molecule has 12 nitrogen and oxygen atoms in total. The van der Waals surface area contributed by atoms with Gasteiger partial charge >= 0.3 is 35.8 Å². The number of carbonyl (C=O) groups excluding carboxylic acids is 6. The summed E-state index contributed by atoms with van der Waals surface area (Å²) in [5.74, 6) is -7.29. The predicted molar refractivity (Wildman–Crippen MR) is 90.5 cm³/mol. The van der Waals surface area contributed by atoms with Crippen molar-refractivity contribution in [1.29, 1.82) is 0 Å². The predicted octanol–water partition coefficient (Wildman–Crippen LogP) is -0.645. The second-order valence-corrected chi connectivity index (χ2v) is 5.09. The smallest absolute Gasteiger partial charge is 0.420 e. The summed E-state index contributed by atoms with van der Waals surface area (Å²) < 4.78 is 26.6. The molecule has 0 aliphatic rings. The molecule has 0 N–H and O–H groups in total. The van der Waals surface area contributed by atoms with Crippen molar-refractivity contribution in [2.45, 2.75) is 13.8 Å². The first-order valence-electron chi connectivity index (χ1n) is 7.89. The van der Waals surface area contributed by atoms with Gasteiger partial charge in [0.15, 0.2) is 0 Å². The van der Waals surface area contributed by atoms with Gasteiger partial charge in [0.2, 0.25) is 6.79 Å². The molecule has 0 aromatic rings. The Balaban J connectivity index is 3.94. The molecule has 0 saturated heterocycles. The highest BCUT2D eigenvalue weighted by Crippen LogP contribution is 1.94. The van der Waals surface area contributed by atoms with E-state index in [0.29, 0.717) is 0 Å². The largest absolute Gasteiger partial charge is 0.459 e. The van der Waals surface area contributed by atoms with Crippen LogP contribution in [-0.2, 0) is 57.2 Å². The van der Waals surface area contributed by atoms with Crippen molar-refractivity contribution in [2.24, 2.45) is 0 Å². The summed E-state index contributed by atoms with van der Waals surface area (Å²) in [5, 5.41) is 0. The summed E-state index contributed by atoms with van der Waals surface area (Å²) in [5.41, 5.74) is 0.285. The number of hydrogen-bond donors (Lipinski definition) is 0. The lowest BCUT2D eigenvalue weighted by atomic mass is 10.4. The molecule has 0 aromatic heterocycles. The van der Waals surface area contributed by atoms with E-state index in [2.05, 4.69) is 41.6 Å². The van der Waals surface area contributed by atoms with Crippen molar-refractivity contribution < 1.29 is 57.2 Å². The third-order valence-electron chi connectivity index (χ3n) is 2.51. The van der Waals surface area contributed by atoms with Gasteiger partial charge in [-0.3, -0.25) is 0 Å². The van der Waals surface area contributed by atoms with Crippen LogP contribution >= 0.6 is 0 Å². The second-order valence-electron chi connectivity index (χ2n) is 5.09. The van der Waals surface area contributed by atoms with Crippen LogP contribution < -0.4 is 0 Å². The zero-order chi connectivity index (χ0) is 22.4. The summed E-state index contributed by atoms with van der Waals surface area (Å²) in [6.45, 7) is 6.99. The molecule has 0 rings (SSSR count). The molecule has 0 heterocycles. The third-order valence-corrected chi connectivity index (χ3v) is 2.51. The Morgan fingerprint density at radius 2 is 0.724 bits per heavy atom. The van der Waals surface area contributed by atoms with Crippen LogP contribution in [0, 0.1) is 0 Å². The monoisotopic (exact) mass is 416 g/mol. The lowest BCUT2D eigenvalue weighted by Gasteiger charge is -2.07. The highest BCUT2D eigenvalue weighted by molar-refractivity contribution is 6.30. The lowest BCUT2D eigenvalue weighted by molar-refractivity contribution is -0.184. The van der Waals surface area contributed by atoms with Crippen LogP contribution in [-0.4, -0.2) is 69.0 Å². The summed E-state index contributed by atoms with van der Waals surface area (Å²) >= 11 is 0. The summed E-state index contributed by atoms with van der Waals surface area (Å²) in [6.07, 6.45) is 0. The van der Waals surface area contributed by atoms with Crippen molar-refractivity contribution >= 4 is 35.8 Å². The van der Waals surface area contributed by atoms with Gasteiger partial charge in [0.25, 0.3) is 0 Å². The van der Waals surface area contributed by atoms with E-state index in [1.165, 1.54) is 13.8 Å². The van der Waals surface area contributed by atoms with Gasteiger partial charge in [0, 0.05) is 11.1 Å². The Morgan fingerprint density at radius 3 is 1.00 bits per heavy atom. The van der Waals surface area contributed by atoms with Crippen LogP contribution in [0.5, 0.6) is 0 Å². The summed E-state index contributed by atoms with van der Waals surface area (Å²) in [4.78, 5) is 67.2. The van der Waals surface area contributed by atoms with Crippen LogP contribution in [0.2, 0.25) is 0 Å². The maximum atomic E-state index is 11.3. The van der Waals surface area contributed by atoms with E-state index in [0.717, 1.165) is 0 Å². The minimum atomic E-state index is -1.51. The van der Waals surface area contributed by atoms with Gasteiger partial charge in [-0.2, -0.15) is 0 Å². The number of carbonyl (C=O) groups is 6. The highest BCUT2D eigenvalue weighted by atomic mass is 16.7. The average molecular weight is 416 g/mol. The number of ether oxygens (including phenoxy) is 6. The van der Waals surface area contributed by atoms with Crippen molar-refractivity contribution in [2.75, 3.05) is 33.2 Å². The Hall–Kier alpha value is -3.70. The number of rotatable bonds is 10. The molecule has 29 heavy (non-hydrogen) atoms. The molecule has 0 aliphatic heterocycles. The first-order valence-corrected chi connectivity index (χ1v) is 7.89. The quantitative estimate of drug-likeness (QED) is 0.111. The highest BCUT2D eigenvalue weighted by Gasteiger charge is 2.21. The van der Waals surface area contributed by atoms with Gasteiger partial charge in [-0.05, 0) is 13.8 Å². The molecular formula is C17H20O12. The van der Waals surface area contributed by atoms with Crippen LogP contribution in [0.1, 0.15) is 13.8 Å². The maximum absolute atomic E-state index is 11.3. The molecular weight excluding hydrogens is 396 g/mol. The third kappa shape index (κ3) is 11.6. The van der Waals surface area contributed by atoms with Crippen molar-refractivity contribution in [1.82, 2.24) is 0 Å². The van der Waals surface area contributed by atoms with Gasteiger partial charge < -0.3 is 28.4 Å². The average Bonchev–Trinajstić information content (AvgIpc) is 2.67. The van der Waals surface area contributed by atoms with Gasteiger partial charge in [-0.1, -0.05) is 13.2 Å². The molecule has 0 aromatic carbocycles. The van der Waals surface area contributed by atoms with E-state index in [9.17, 15) is 28.8 Å². The molecule has 0 spiro atoms. The van der Waals surface area contributed by atoms with Gasteiger partial charge in [0.1, 0.15) is 26.4 Å². The Morgan fingerprint density at radius 1 is 0.483 bits per heavy atom. The molecule has 0 amide bonds. The topological polar surface area (TPSA) is 158 Å². The van der Waals surface area contributed by atoms with Gasteiger partial charge in [-0.25, -0.2) is 28.8 Å². The Labute approximate surface area is 165 Å². The number of esters is 6. The van der Waals surface area contributed by atoms with Crippen LogP contribution in [0.4, 0.5) is 0 Å². The molecule has 12 heteroatoms. The molecule has 0 aliphatic carbocycles. The van der Waals surface area contributed by atoms with E-state index in [4.69, 9.17) is 0 Å². The molecule has 0 radical (unpaired) electrons. The van der Waals surface area contributed by atoms with Crippen LogP contribution in [0.3, 0.4) is 0 Å². The fourth-order valence-corrected chi connectivity index (χ4v) is 1.16. The maximum Gasteiger partial charge on any atom is 0.420 e. The molecule has 160 valence electrons. The second kappa shape index (κ2) is 13.5. The van der Waals surface area contributed by atoms with E-state index in [1.807, 2.05) is 0 Å². The zero-order valence-corrected chi connectivity index (χ0v) is 15.8. The zero-order valence-electron chi connectivity index (χ0n) is 15.8. The van der Waals surface area contributed by atoms with E-state index >= 15 is 0 Å². The standard InChI is InChI=1S/C17H20O12/c1-10(2)12(18)24-5-7-26-14(20)16(22)28-9-29-17(23)15(21)27-8-6-25-13(19)11(3)4/h1,3,5-9H2,2,4H3. The number of hydrogen-bond acceptors (Lipinski definition) is 12. The lowest BCUT2D eigenvalue weighted by Crippen LogP contribution is -2.27. The Kier molecular flexibility index (Phi) is 11.7. The minimum Gasteiger partial charge on any atom is -0.459 e. The van der Waals surface area contributed by atoms with E-state index < -0.39 is 55.8 Å². The molecule has 0 fully saturated rings. The fraction of sp³-hybridized carbons (Fsp3) is 0.412. The molecule has 0 saturated carbocycles. The molecule has 0 atom stereocenters. The van der Waals surface area contributed by atoms with Crippen molar-refractivity contribution in [3.8, 4) is 0 Å².